The van der Waals surface area contributed by atoms with Crippen LogP contribution >= 0.6 is 12.4 Å². The Labute approximate surface area is 178 Å². The zero-order valence-electron chi connectivity index (χ0n) is 17.4. The molecule has 1 aliphatic carbocycles. The van der Waals surface area contributed by atoms with Crippen LogP contribution in [0.2, 0.25) is 0 Å². The fraction of sp³-hybridized carbons (Fsp3) is 0.800. The first-order chi connectivity index (χ1) is 13.5. The van der Waals surface area contributed by atoms with E-state index in [0.29, 0.717) is 30.9 Å². The summed E-state index contributed by atoms with van der Waals surface area (Å²) >= 11 is 0. The highest BCUT2D eigenvalue weighted by molar-refractivity contribution is 5.96. The number of hydrogen-bond donors (Lipinski definition) is 2. The molecule has 2 aliphatic heterocycles. The first-order valence-corrected chi connectivity index (χ1v) is 10.7. The van der Waals surface area contributed by atoms with Gasteiger partial charge in [0.1, 0.15) is 0 Å². The third-order valence-corrected chi connectivity index (χ3v) is 6.67. The molecule has 4 rings (SSSR count). The van der Waals surface area contributed by atoms with Gasteiger partial charge in [0.2, 0.25) is 17.8 Å². The lowest BCUT2D eigenvalue weighted by Crippen LogP contribution is -2.39. The normalized spacial score (nSPS) is 28.3. The van der Waals surface area contributed by atoms with Crippen LogP contribution in [-0.4, -0.2) is 57.2 Å². The number of carbonyl (C=O) groups excluding carboxylic acids is 2. The summed E-state index contributed by atoms with van der Waals surface area (Å²) in [4.78, 5) is 31.8. The molecule has 0 bridgehead atoms. The Morgan fingerprint density at radius 2 is 1.83 bits per heavy atom. The van der Waals surface area contributed by atoms with Crippen molar-refractivity contribution in [3.63, 3.8) is 0 Å². The van der Waals surface area contributed by atoms with Crippen molar-refractivity contribution in [2.24, 2.45) is 18.9 Å². The number of carbonyl (C=O) groups is 2. The van der Waals surface area contributed by atoms with Crippen LogP contribution < -0.4 is 10.6 Å². The van der Waals surface area contributed by atoms with Gasteiger partial charge in [-0.2, -0.15) is 10.1 Å². The number of rotatable bonds is 4. The van der Waals surface area contributed by atoms with Crippen LogP contribution in [0.25, 0.3) is 0 Å². The Balaban J connectivity index is 0.00000240. The molecule has 2 saturated heterocycles. The molecule has 3 heterocycles. The van der Waals surface area contributed by atoms with E-state index < -0.39 is 0 Å². The van der Waals surface area contributed by atoms with Gasteiger partial charge in [-0.25, -0.2) is 4.68 Å². The van der Waals surface area contributed by atoms with E-state index in [0.717, 1.165) is 50.5 Å². The van der Waals surface area contributed by atoms with Crippen LogP contribution in [-0.2, 0) is 16.6 Å². The van der Waals surface area contributed by atoms with Crippen molar-refractivity contribution in [3.8, 4) is 0 Å². The molecule has 0 spiro atoms. The Morgan fingerprint density at radius 1 is 1.14 bits per heavy atom. The van der Waals surface area contributed by atoms with Gasteiger partial charge >= 0.3 is 0 Å². The zero-order chi connectivity index (χ0) is 19.7. The maximum Gasteiger partial charge on any atom is 0.232 e. The highest BCUT2D eigenvalue weighted by Gasteiger charge is 2.39. The van der Waals surface area contributed by atoms with E-state index in [1.54, 1.807) is 4.68 Å². The number of halogens is 1. The predicted octanol–water partition coefficient (Wildman–Crippen LogP) is 2.07. The number of nitrogens with zero attached hydrogens (tertiary/aromatic N) is 4. The Kier molecular flexibility index (Phi) is 7.16. The highest BCUT2D eigenvalue weighted by atomic mass is 35.5. The van der Waals surface area contributed by atoms with Crippen molar-refractivity contribution in [2.45, 2.75) is 63.8 Å². The van der Waals surface area contributed by atoms with Crippen LogP contribution in [0.1, 0.15) is 63.6 Å². The van der Waals surface area contributed by atoms with E-state index in [4.69, 9.17) is 0 Å². The van der Waals surface area contributed by atoms with E-state index in [2.05, 4.69) is 27.6 Å². The number of aryl methyl sites for hydroxylation is 1. The molecule has 1 unspecified atom stereocenters. The summed E-state index contributed by atoms with van der Waals surface area (Å²) in [5, 5.41) is 10.8. The molecule has 2 amide bonds. The largest absolute Gasteiger partial charge is 0.339 e. The Morgan fingerprint density at radius 3 is 2.52 bits per heavy atom. The fourth-order valence-electron chi connectivity index (χ4n) is 4.79. The van der Waals surface area contributed by atoms with Crippen molar-refractivity contribution in [2.75, 3.05) is 25.0 Å². The quantitative estimate of drug-likeness (QED) is 0.771. The number of nitrogens with one attached hydrogen (secondary N) is 2. The first-order valence-electron chi connectivity index (χ1n) is 10.7. The van der Waals surface area contributed by atoms with Gasteiger partial charge in [0, 0.05) is 32.0 Å². The van der Waals surface area contributed by atoms with Crippen LogP contribution in [0.3, 0.4) is 0 Å². The molecule has 9 heteroatoms. The molecule has 0 aromatic carbocycles. The van der Waals surface area contributed by atoms with Crippen LogP contribution in [0, 0.1) is 11.8 Å². The van der Waals surface area contributed by atoms with E-state index in [1.807, 2.05) is 11.9 Å². The molecule has 162 valence electrons. The van der Waals surface area contributed by atoms with Crippen LogP contribution in [0.5, 0.6) is 0 Å². The lowest BCUT2D eigenvalue weighted by molar-refractivity contribution is -0.130. The van der Waals surface area contributed by atoms with Crippen molar-refractivity contribution in [3.05, 3.63) is 5.82 Å². The van der Waals surface area contributed by atoms with Gasteiger partial charge < -0.3 is 10.2 Å². The lowest BCUT2D eigenvalue weighted by atomic mass is 9.87. The van der Waals surface area contributed by atoms with Gasteiger partial charge in [0.05, 0.1) is 5.92 Å². The van der Waals surface area contributed by atoms with E-state index in [1.165, 1.54) is 12.8 Å². The third-order valence-electron chi connectivity index (χ3n) is 6.67. The molecule has 8 nitrogen and oxygen atoms in total. The second-order valence-corrected chi connectivity index (χ2v) is 8.79. The molecular weight excluding hydrogens is 392 g/mol. The topological polar surface area (TPSA) is 92.2 Å². The van der Waals surface area contributed by atoms with Crippen molar-refractivity contribution in [1.82, 2.24) is 25.0 Å². The summed E-state index contributed by atoms with van der Waals surface area (Å²) in [5.74, 6) is 2.08. The van der Waals surface area contributed by atoms with Gasteiger partial charge in [-0.1, -0.05) is 6.92 Å². The lowest BCUT2D eigenvalue weighted by Gasteiger charge is -2.33. The number of aromatic nitrogens is 3. The minimum absolute atomic E-state index is 0. The Hall–Kier alpha value is -1.67. The van der Waals surface area contributed by atoms with Gasteiger partial charge in [-0.3, -0.25) is 14.9 Å². The summed E-state index contributed by atoms with van der Waals surface area (Å²) in [7, 11) is 1.81. The maximum absolute atomic E-state index is 12.8. The number of likely N-dealkylation sites (tertiary alicyclic amines) is 1. The molecule has 3 aliphatic rings. The SMILES string of the molecule is CC1CCC(N2CC(C(=O)Nc3nc(C4CCNCC4)nn3C)CC2=O)CC1.Cl. The zero-order valence-corrected chi connectivity index (χ0v) is 18.2. The van der Waals surface area contributed by atoms with Crippen LogP contribution in [0.4, 0.5) is 5.95 Å². The molecule has 1 aromatic rings. The summed E-state index contributed by atoms with van der Waals surface area (Å²) in [6.45, 7) is 4.76. The number of piperidine rings is 1. The third kappa shape index (κ3) is 4.91. The highest BCUT2D eigenvalue weighted by Crippen LogP contribution is 2.31. The average molecular weight is 425 g/mol. The Bertz CT molecular complexity index is 725. The van der Waals surface area contributed by atoms with E-state index in [9.17, 15) is 9.59 Å². The van der Waals surface area contributed by atoms with E-state index in [-0.39, 0.29) is 30.1 Å². The molecule has 1 saturated carbocycles. The molecule has 1 aromatic heterocycles. The summed E-state index contributed by atoms with van der Waals surface area (Å²) < 4.78 is 1.65. The fourth-order valence-corrected chi connectivity index (χ4v) is 4.79. The summed E-state index contributed by atoms with van der Waals surface area (Å²) in [6, 6.07) is 0.308. The second kappa shape index (κ2) is 9.43. The standard InChI is InChI=1S/C20H32N6O2.ClH/c1-13-3-5-16(6-4-13)26-12-15(11-17(26)27)19(28)23-20-22-18(24-25(20)2)14-7-9-21-10-8-14;/h13-16,21H,3-12H2,1-2H3,(H,22,23,24,28);1H. The van der Waals surface area contributed by atoms with Crippen LogP contribution in [0.15, 0.2) is 0 Å². The van der Waals surface area contributed by atoms with Gasteiger partial charge in [0.25, 0.3) is 0 Å². The molecule has 0 radical (unpaired) electrons. The van der Waals surface area contributed by atoms with Gasteiger partial charge in [-0.05, 0) is 57.5 Å². The molecule has 2 N–H and O–H groups in total. The van der Waals surface area contributed by atoms with Gasteiger partial charge in [-0.15, -0.1) is 12.4 Å². The average Bonchev–Trinajstić information content (AvgIpc) is 3.26. The smallest absolute Gasteiger partial charge is 0.232 e. The molecule has 3 fully saturated rings. The number of amides is 2. The molecule has 29 heavy (non-hydrogen) atoms. The predicted molar refractivity (Wildman–Crippen MR) is 113 cm³/mol. The molecular formula is C20H33ClN6O2. The van der Waals surface area contributed by atoms with Gasteiger partial charge in [0.15, 0.2) is 5.82 Å². The van der Waals surface area contributed by atoms with Crippen molar-refractivity contribution >= 4 is 30.2 Å². The number of hydrogen-bond acceptors (Lipinski definition) is 5. The maximum atomic E-state index is 12.8. The minimum atomic E-state index is -0.300. The van der Waals surface area contributed by atoms with Crippen molar-refractivity contribution in [1.29, 1.82) is 0 Å². The van der Waals surface area contributed by atoms with E-state index >= 15 is 0 Å². The molecule has 1 atom stereocenters. The second-order valence-electron chi connectivity index (χ2n) is 8.79. The minimum Gasteiger partial charge on any atom is -0.339 e. The first kappa shape index (κ1) is 22.0. The summed E-state index contributed by atoms with van der Waals surface area (Å²) in [6.07, 6.45) is 6.80. The van der Waals surface area contributed by atoms with Crippen molar-refractivity contribution < 1.29 is 9.59 Å². The summed E-state index contributed by atoms with van der Waals surface area (Å²) in [5.41, 5.74) is 0. The monoisotopic (exact) mass is 424 g/mol. The number of anilines is 1.